The van der Waals surface area contributed by atoms with Gasteiger partial charge in [0.2, 0.25) is 0 Å². The molecule has 3 aliphatic rings. The van der Waals surface area contributed by atoms with Crippen LogP contribution in [0.25, 0.3) is 0 Å². The topological polar surface area (TPSA) is 46.5 Å². The lowest BCUT2D eigenvalue weighted by Gasteiger charge is -2.53. The summed E-state index contributed by atoms with van der Waals surface area (Å²) < 4.78 is 5.86. The van der Waals surface area contributed by atoms with Crippen molar-refractivity contribution in [1.29, 1.82) is 0 Å². The highest BCUT2D eigenvalue weighted by molar-refractivity contribution is 5.66. The second-order valence-electron chi connectivity index (χ2n) is 11.3. The van der Waals surface area contributed by atoms with Gasteiger partial charge in [-0.15, -0.1) is 0 Å². The van der Waals surface area contributed by atoms with Gasteiger partial charge in [-0.1, -0.05) is 64.9 Å². The highest BCUT2D eigenvalue weighted by Crippen LogP contribution is 2.63. The van der Waals surface area contributed by atoms with Crippen LogP contribution in [-0.4, -0.2) is 17.2 Å². The van der Waals surface area contributed by atoms with Crippen LogP contribution in [-0.2, 0) is 16.0 Å². The molecule has 4 unspecified atom stereocenters. The predicted molar refractivity (Wildman–Crippen MR) is 130 cm³/mol. The number of esters is 1. The Balaban J connectivity index is 1.51. The van der Waals surface area contributed by atoms with Crippen molar-refractivity contribution >= 4 is 5.97 Å². The number of carbonyl (C=O) groups is 1. The number of ether oxygens (including phenoxy) is 1. The third-order valence-corrected chi connectivity index (χ3v) is 9.28. The Morgan fingerprint density at radius 1 is 1.09 bits per heavy atom. The van der Waals surface area contributed by atoms with E-state index in [1.54, 1.807) is 6.92 Å². The minimum Gasteiger partial charge on any atom is -0.508 e. The molecule has 0 radical (unpaired) electrons. The SMILES string of the molecule is CCCCCCCCCC1Cc2cc(O)ccc2C2CC[C@@]3(C)C(CC[C@@H]3OC(C)=O)C12. The minimum absolute atomic E-state index is 0.0892. The van der Waals surface area contributed by atoms with E-state index in [1.165, 1.54) is 75.3 Å². The fourth-order valence-corrected chi connectivity index (χ4v) is 7.77. The minimum atomic E-state index is -0.122. The molecule has 2 fully saturated rings. The molecule has 32 heavy (non-hydrogen) atoms. The summed E-state index contributed by atoms with van der Waals surface area (Å²) in [6, 6.07) is 6.12. The standard InChI is InChI=1S/C29H44O3/c1-4-5-6-7-8-9-10-11-21-18-22-19-23(31)12-13-24(22)25-16-17-29(3)26(28(21)25)14-15-27(29)32-20(2)30/h12-13,19,21,25-28,31H,4-11,14-18H2,1-3H3/t21?,25?,26?,27-,28?,29-/m0/s1. The van der Waals surface area contributed by atoms with Crippen LogP contribution in [0.3, 0.4) is 0 Å². The zero-order valence-electron chi connectivity index (χ0n) is 20.6. The van der Waals surface area contributed by atoms with Gasteiger partial charge >= 0.3 is 5.97 Å². The summed E-state index contributed by atoms with van der Waals surface area (Å²) in [5.41, 5.74) is 3.00. The van der Waals surface area contributed by atoms with Crippen LogP contribution >= 0.6 is 0 Å². The summed E-state index contributed by atoms with van der Waals surface area (Å²) in [6.45, 7) is 6.25. The van der Waals surface area contributed by atoms with Crippen LogP contribution in [0.1, 0.15) is 115 Å². The first kappa shape index (κ1) is 23.6. The number of carbonyl (C=O) groups excluding carboxylic acids is 1. The lowest BCUT2D eigenvalue weighted by molar-refractivity contribution is -0.155. The molecular weight excluding hydrogens is 396 g/mol. The molecule has 1 N–H and O–H groups in total. The van der Waals surface area contributed by atoms with Crippen molar-refractivity contribution in [3.63, 3.8) is 0 Å². The Morgan fingerprint density at radius 3 is 2.59 bits per heavy atom. The molecule has 0 bridgehead atoms. The van der Waals surface area contributed by atoms with E-state index in [0.717, 1.165) is 19.3 Å². The molecule has 0 amide bonds. The van der Waals surface area contributed by atoms with E-state index in [-0.39, 0.29) is 17.5 Å². The van der Waals surface area contributed by atoms with Crippen molar-refractivity contribution in [3.8, 4) is 5.75 Å². The lowest BCUT2D eigenvalue weighted by atomic mass is 9.52. The predicted octanol–water partition coefficient (Wildman–Crippen LogP) is 7.55. The first-order valence-corrected chi connectivity index (χ1v) is 13.4. The highest BCUT2D eigenvalue weighted by Gasteiger charge is 2.57. The molecule has 1 aromatic rings. The normalized spacial score (nSPS) is 33.3. The summed E-state index contributed by atoms with van der Waals surface area (Å²) in [6.07, 6.45) is 16.5. The average molecular weight is 441 g/mol. The number of hydrogen-bond acceptors (Lipinski definition) is 3. The number of fused-ring (bicyclic) bond motifs is 5. The van der Waals surface area contributed by atoms with Gasteiger partial charge in [0.25, 0.3) is 0 Å². The maximum absolute atomic E-state index is 11.8. The molecule has 6 atom stereocenters. The number of phenolic OH excluding ortho intramolecular Hbond substituents is 1. The quantitative estimate of drug-likeness (QED) is 0.318. The molecule has 2 saturated carbocycles. The third-order valence-electron chi connectivity index (χ3n) is 9.28. The van der Waals surface area contributed by atoms with Gasteiger partial charge in [0, 0.05) is 12.3 Å². The van der Waals surface area contributed by atoms with Gasteiger partial charge in [0.1, 0.15) is 11.9 Å². The molecule has 3 nitrogen and oxygen atoms in total. The summed E-state index contributed by atoms with van der Waals surface area (Å²) in [5, 5.41) is 10.1. The molecular formula is C29H44O3. The largest absolute Gasteiger partial charge is 0.508 e. The number of unbranched alkanes of at least 4 members (excludes halogenated alkanes) is 6. The van der Waals surface area contributed by atoms with Gasteiger partial charge in [-0.3, -0.25) is 4.79 Å². The maximum atomic E-state index is 11.8. The average Bonchev–Trinajstić information content (AvgIpc) is 3.08. The van der Waals surface area contributed by atoms with E-state index in [2.05, 4.69) is 19.9 Å². The highest BCUT2D eigenvalue weighted by atomic mass is 16.5. The Labute approximate surface area is 195 Å². The number of rotatable bonds is 9. The number of hydrogen-bond donors (Lipinski definition) is 1. The first-order chi connectivity index (χ1) is 15.4. The molecule has 0 spiro atoms. The van der Waals surface area contributed by atoms with Gasteiger partial charge in [-0.2, -0.15) is 0 Å². The zero-order valence-corrected chi connectivity index (χ0v) is 20.6. The summed E-state index contributed by atoms with van der Waals surface area (Å²) in [7, 11) is 0. The fourth-order valence-electron chi connectivity index (χ4n) is 7.77. The molecule has 3 heteroatoms. The van der Waals surface area contributed by atoms with Crippen LogP contribution in [0.15, 0.2) is 18.2 Å². The molecule has 178 valence electrons. The van der Waals surface area contributed by atoms with E-state index in [4.69, 9.17) is 4.74 Å². The molecule has 3 aliphatic carbocycles. The van der Waals surface area contributed by atoms with Crippen molar-refractivity contribution in [2.24, 2.45) is 23.2 Å². The Bertz CT molecular complexity index is 787. The van der Waals surface area contributed by atoms with Crippen molar-refractivity contribution < 1.29 is 14.6 Å². The molecule has 0 aliphatic heterocycles. The van der Waals surface area contributed by atoms with Crippen LogP contribution in [0.4, 0.5) is 0 Å². The second kappa shape index (κ2) is 10.2. The molecule has 4 rings (SSSR count). The van der Waals surface area contributed by atoms with Gasteiger partial charge in [0.15, 0.2) is 0 Å². The number of phenols is 1. The Hall–Kier alpha value is -1.51. The van der Waals surface area contributed by atoms with E-state index < -0.39 is 0 Å². The molecule has 1 aromatic carbocycles. The van der Waals surface area contributed by atoms with Crippen molar-refractivity contribution in [2.45, 2.75) is 116 Å². The van der Waals surface area contributed by atoms with E-state index >= 15 is 0 Å². The van der Waals surface area contributed by atoms with Crippen LogP contribution in [0.5, 0.6) is 5.75 Å². The van der Waals surface area contributed by atoms with E-state index in [9.17, 15) is 9.90 Å². The smallest absolute Gasteiger partial charge is 0.302 e. The van der Waals surface area contributed by atoms with E-state index in [0.29, 0.717) is 29.4 Å². The Morgan fingerprint density at radius 2 is 1.84 bits per heavy atom. The fraction of sp³-hybridized carbons (Fsp3) is 0.759. The van der Waals surface area contributed by atoms with Crippen molar-refractivity contribution in [3.05, 3.63) is 29.3 Å². The Kier molecular flexibility index (Phi) is 7.52. The molecule has 0 heterocycles. The molecule has 0 aromatic heterocycles. The number of benzene rings is 1. The summed E-state index contributed by atoms with van der Waals surface area (Å²) in [4.78, 5) is 11.8. The maximum Gasteiger partial charge on any atom is 0.302 e. The molecule has 0 saturated heterocycles. The van der Waals surface area contributed by atoms with Crippen LogP contribution in [0, 0.1) is 23.2 Å². The second-order valence-corrected chi connectivity index (χ2v) is 11.3. The first-order valence-electron chi connectivity index (χ1n) is 13.4. The van der Waals surface area contributed by atoms with Gasteiger partial charge in [0.05, 0.1) is 0 Å². The van der Waals surface area contributed by atoms with Crippen LogP contribution < -0.4 is 0 Å². The number of aromatic hydroxyl groups is 1. The third kappa shape index (κ3) is 4.73. The summed E-state index contributed by atoms with van der Waals surface area (Å²) >= 11 is 0. The summed E-state index contributed by atoms with van der Waals surface area (Å²) in [5.74, 6) is 2.90. The van der Waals surface area contributed by atoms with Gasteiger partial charge in [-0.05, 0) is 85.5 Å². The van der Waals surface area contributed by atoms with Gasteiger partial charge < -0.3 is 9.84 Å². The van der Waals surface area contributed by atoms with E-state index in [1.807, 2.05) is 12.1 Å². The lowest BCUT2D eigenvalue weighted by Crippen LogP contribution is -2.48. The zero-order chi connectivity index (χ0) is 22.7. The van der Waals surface area contributed by atoms with Crippen molar-refractivity contribution in [2.75, 3.05) is 0 Å². The van der Waals surface area contributed by atoms with Gasteiger partial charge in [-0.25, -0.2) is 0 Å². The van der Waals surface area contributed by atoms with Crippen LogP contribution in [0.2, 0.25) is 0 Å². The monoisotopic (exact) mass is 440 g/mol. The van der Waals surface area contributed by atoms with Crippen molar-refractivity contribution in [1.82, 2.24) is 0 Å².